The highest BCUT2D eigenvalue weighted by Crippen LogP contribution is 2.35. The quantitative estimate of drug-likeness (QED) is 0.170. The average molecular weight is 561 g/mol. The fourth-order valence-electron chi connectivity index (χ4n) is 3.07. The summed E-state index contributed by atoms with van der Waals surface area (Å²) in [6, 6.07) is 14.5. The van der Waals surface area contributed by atoms with Crippen molar-refractivity contribution in [2.24, 2.45) is 0 Å². The summed E-state index contributed by atoms with van der Waals surface area (Å²) in [4.78, 5) is 0. The lowest BCUT2D eigenvalue weighted by molar-refractivity contribution is 0.117. The van der Waals surface area contributed by atoms with Gasteiger partial charge in [0.25, 0.3) is 0 Å². The van der Waals surface area contributed by atoms with E-state index in [2.05, 4.69) is 67.6 Å². The minimum Gasteiger partial charge on any atom is -0.494 e. The Morgan fingerprint density at radius 2 is 1.65 bits per heavy atom. The van der Waals surface area contributed by atoms with Crippen LogP contribution in [0, 0.1) is 3.57 Å². The van der Waals surface area contributed by atoms with E-state index in [-0.39, 0.29) is 17.9 Å². The number of aliphatic hydroxyl groups excluding tert-OH is 1. The van der Waals surface area contributed by atoms with Crippen molar-refractivity contribution in [1.29, 1.82) is 0 Å². The Hall–Kier alpha value is -1.02. The lowest BCUT2D eigenvalue weighted by atomic mass is 9.78. The highest BCUT2D eigenvalue weighted by Gasteiger charge is 2.24. The normalized spacial score (nSPS) is 12.6. The molecule has 0 aliphatic carbocycles. The van der Waals surface area contributed by atoms with Crippen molar-refractivity contribution >= 4 is 34.2 Å². The van der Waals surface area contributed by atoms with Crippen molar-refractivity contribution in [3.05, 3.63) is 57.2 Å². The van der Waals surface area contributed by atoms with Crippen molar-refractivity contribution in [1.82, 2.24) is 0 Å². The fourth-order valence-corrected chi connectivity index (χ4v) is 3.83. The van der Waals surface area contributed by atoms with Crippen molar-refractivity contribution in [3.8, 4) is 11.5 Å². The van der Waals surface area contributed by atoms with Crippen LogP contribution in [0.15, 0.2) is 42.5 Å². The lowest BCUT2D eigenvalue weighted by Gasteiger charge is -2.27. The molecule has 0 fully saturated rings. The number of halogens is 2. The molecular weight excluding hydrogens is 527 g/mol. The first-order valence-corrected chi connectivity index (χ1v) is 12.5. The molecule has 1 atom stereocenters. The molecule has 0 bridgehead atoms. The van der Waals surface area contributed by atoms with Gasteiger partial charge in [0.15, 0.2) is 0 Å². The molecule has 0 aliphatic rings. The van der Waals surface area contributed by atoms with Gasteiger partial charge in [-0.15, -0.1) is 11.6 Å². The molecule has 172 valence electrons. The van der Waals surface area contributed by atoms with E-state index in [9.17, 15) is 5.11 Å². The van der Waals surface area contributed by atoms with Crippen LogP contribution in [-0.4, -0.2) is 43.5 Å². The first kappa shape index (κ1) is 26.2. The number of hydrogen-bond donors (Lipinski definition) is 1. The Balaban J connectivity index is 1.93. The highest BCUT2D eigenvalue weighted by molar-refractivity contribution is 14.1. The highest BCUT2D eigenvalue weighted by atomic mass is 127. The molecule has 2 aromatic carbocycles. The van der Waals surface area contributed by atoms with Gasteiger partial charge in [-0.05, 0) is 64.4 Å². The SMILES string of the molecule is CCCCOCCCOc1ccc(C(C)(C)c2ccc(OC[C@@H](O)CCl)c(I)c2)cc1. The molecule has 0 aromatic heterocycles. The van der Waals surface area contributed by atoms with Gasteiger partial charge in [-0.1, -0.05) is 45.4 Å². The summed E-state index contributed by atoms with van der Waals surface area (Å²) in [6.07, 6.45) is 2.51. The summed E-state index contributed by atoms with van der Waals surface area (Å²) in [5, 5.41) is 9.60. The third kappa shape index (κ3) is 8.44. The lowest BCUT2D eigenvalue weighted by Crippen LogP contribution is -2.20. The maximum atomic E-state index is 9.60. The zero-order chi connectivity index (χ0) is 22.7. The fraction of sp³-hybridized carbons (Fsp3) is 0.520. The predicted molar refractivity (Wildman–Crippen MR) is 136 cm³/mol. The molecule has 0 spiro atoms. The Kier molecular flexibility index (Phi) is 11.4. The van der Waals surface area contributed by atoms with E-state index >= 15 is 0 Å². The second kappa shape index (κ2) is 13.5. The van der Waals surface area contributed by atoms with Gasteiger partial charge < -0.3 is 19.3 Å². The van der Waals surface area contributed by atoms with Crippen molar-refractivity contribution in [2.75, 3.05) is 32.3 Å². The molecule has 0 unspecified atom stereocenters. The molecule has 1 N–H and O–H groups in total. The number of ether oxygens (including phenoxy) is 3. The summed E-state index contributed by atoms with van der Waals surface area (Å²) >= 11 is 7.90. The van der Waals surface area contributed by atoms with Gasteiger partial charge in [0.05, 0.1) is 16.1 Å². The number of rotatable bonds is 14. The van der Waals surface area contributed by atoms with Crippen LogP contribution in [0.4, 0.5) is 0 Å². The molecule has 0 radical (unpaired) electrons. The van der Waals surface area contributed by atoms with Crippen LogP contribution in [-0.2, 0) is 10.2 Å². The van der Waals surface area contributed by atoms with Crippen LogP contribution in [0.5, 0.6) is 11.5 Å². The van der Waals surface area contributed by atoms with Crippen LogP contribution in [0.25, 0.3) is 0 Å². The van der Waals surface area contributed by atoms with E-state index in [1.165, 1.54) is 11.1 Å². The molecule has 4 nitrogen and oxygen atoms in total. The molecule has 2 aromatic rings. The zero-order valence-corrected chi connectivity index (χ0v) is 21.6. The number of unbranched alkanes of at least 4 members (excludes halogenated alkanes) is 1. The first-order chi connectivity index (χ1) is 14.9. The summed E-state index contributed by atoms with van der Waals surface area (Å²) < 4.78 is 18.1. The van der Waals surface area contributed by atoms with Gasteiger partial charge in [0.1, 0.15) is 24.2 Å². The Bertz CT molecular complexity index is 780. The van der Waals surface area contributed by atoms with E-state index in [0.717, 1.165) is 47.5 Å². The topological polar surface area (TPSA) is 47.9 Å². The first-order valence-electron chi connectivity index (χ1n) is 10.9. The summed E-state index contributed by atoms with van der Waals surface area (Å²) in [5.41, 5.74) is 2.24. The summed E-state index contributed by atoms with van der Waals surface area (Å²) in [5.74, 6) is 1.80. The third-order valence-electron chi connectivity index (χ3n) is 5.18. The maximum Gasteiger partial charge on any atom is 0.132 e. The van der Waals surface area contributed by atoms with Crippen LogP contribution < -0.4 is 9.47 Å². The molecule has 2 rings (SSSR count). The van der Waals surface area contributed by atoms with E-state index in [0.29, 0.717) is 6.61 Å². The molecular formula is C25H34ClIO4. The van der Waals surface area contributed by atoms with Gasteiger partial charge >= 0.3 is 0 Å². The van der Waals surface area contributed by atoms with Gasteiger partial charge in [-0.2, -0.15) is 0 Å². The molecule has 0 saturated heterocycles. The number of alkyl halides is 1. The van der Waals surface area contributed by atoms with E-state index in [1.807, 2.05) is 18.2 Å². The molecule has 31 heavy (non-hydrogen) atoms. The average Bonchev–Trinajstić information content (AvgIpc) is 2.77. The molecule has 0 saturated carbocycles. The second-order valence-corrected chi connectivity index (χ2v) is 9.55. The minimum absolute atomic E-state index is 0.161. The van der Waals surface area contributed by atoms with Crippen molar-refractivity contribution < 1.29 is 19.3 Å². The Labute approximate surface area is 205 Å². The molecule has 0 heterocycles. The Morgan fingerprint density at radius 3 is 2.29 bits per heavy atom. The number of aliphatic hydroxyl groups is 1. The second-order valence-electron chi connectivity index (χ2n) is 8.08. The van der Waals surface area contributed by atoms with Crippen LogP contribution in [0.1, 0.15) is 51.2 Å². The van der Waals surface area contributed by atoms with Crippen molar-refractivity contribution in [3.63, 3.8) is 0 Å². The third-order valence-corrected chi connectivity index (χ3v) is 6.38. The molecule has 0 aliphatic heterocycles. The van der Waals surface area contributed by atoms with Gasteiger partial charge in [-0.3, -0.25) is 0 Å². The smallest absolute Gasteiger partial charge is 0.132 e. The minimum atomic E-state index is -0.664. The van der Waals surface area contributed by atoms with E-state index in [4.69, 9.17) is 25.8 Å². The van der Waals surface area contributed by atoms with Gasteiger partial charge in [0, 0.05) is 25.0 Å². The summed E-state index contributed by atoms with van der Waals surface area (Å²) in [7, 11) is 0. The summed E-state index contributed by atoms with van der Waals surface area (Å²) in [6.45, 7) is 9.01. The standard InChI is InChI=1S/C25H34ClIO4/c1-4-5-13-29-14-6-15-30-22-10-7-19(8-11-22)25(2,3)20-9-12-24(23(27)16-20)31-18-21(28)17-26/h7-12,16,21,28H,4-6,13-15,17-18H2,1-3H3/t21-/m0/s1. The molecule has 6 heteroatoms. The number of hydrogen-bond acceptors (Lipinski definition) is 4. The number of benzene rings is 2. The van der Waals surface area contributed by atoms with Crippen LogP contribution >= 0.6 is 34.2 Å². The van der Waals surface area contributed by atoms with Crippen LogP contribution in [0.3, 0.4) is 0 Å². The predicted octanol–water partition coefficient (Wildman–Crippen LogP) is 6.18. The van der Waals surface area contributed by atoms with Gasteiger partial charge in [0.2, 0.25) is 0 Å². The van der Waals surface area contributed by atoms with E-state index < -0.39 is 6.10 Å². The van der Waals surface area contributed by atoms with Crippen molar-refractivity contribution in [2.45, 2.75) is 51.6 Å². The largest absolute Gasteiger partial charge is 0.494 e. The van der Waals surface area contributed by atoms with E-state index in [1.54, 1.807) is 0 Å². The Morgan fingerprint density at radius 1 is 0.968 bits per heavy atom. The maximum absolute atomic E-state index is 9.60. The monoisotopic (exact) mass is 560 g/mol. The molecule has 0 amide bonds. The van der Waals surface area contributed by atoms with Gasteiger partial charge in [-0.25, -0.2) is 0 Å². The zero-order valence-electron chi connectivity index (χ0n) is 18.7. The van der Waals surface area contributed by atoms with Crippen LogP contribution in [0.2, 0.25) is 0 Å².